The number of epoxide rings is 2. The standard InChI is InChI=1S/C38H44O12/c1-5-7-9-11-21-23-24-25(28(40)32-36(49-32,29(24)41)15-13-18(3)33(42)43)30(48-21)38-20(17-47-22(26(23)38)12-10-8-6-2)27(39)31-37(50-31,35(38)46)16-14-19(4)34(44)45/h13-14,17,21-23,26,30-32H,5-12,15-16H2,1-4H3,(H,42,43)(H,44,45)/b18-13+,19-14+/t21?,22-,23?,26+,30?,31+,32+,36-,37+,38-/m1/s1. The van der Waals surface area contributed by atoms with E-state index in [0.717, 1.165) is 38.5 Å². The van der Waals surface area contributed by atoms with Gasteiger partial charge in [-0.3, -0.25) is 19.2 Å². The molecule has 3 aliphatic carbocycles. The van der Waals surface area contributed by atoms with E-state index in [1.54, 1.807) is 0 Å². The minimum absolute atomic E-state index is 0.00135. The molecule has 1 saturated carbocycles. The molecule has 1 spiro atoms. The number of carboxylic acid groups (broad SMARTS) is 2. The molecule has 0 radical (unpaired) electrons. The summed E-state index contributed by atoms with van der Waals surface area (Å²) in [5.41, 5.74) is -4.51. The number of ketones is 4. The van der Waals surface area contributed by atoms with Crippen LogP contribution in [0.25, 0.3) is 0 Å². The van der Waals surface area contributed by atoms with Gasteiger partial charge in [-0.2, -0.15) is 0 Å². The van der Waals surface area contributed by atoms with Gasteiger partial charge in [0.05, 0.1) is 12.4 Å². The number of ether oxygens (including phenoxy) is 4. The Balaban J connectivity index is 1.41. The molecule has 0 amide bonds. The quantitative estimate of drug-likeness (QED) is 0.151. The average molecular weight is 693 g/mol. The second-order valence-electron chi connectivity index (χ2n) is 15.0. The summed E-state index contributed by atoms with van der Waals surface area (Å²) in [7, 11) is 0. The lowest BCUT2D eigenvalue weighted by Crippen LogP contribution is -2.74. The van der Waals surface area contributed by atoms with Crippen molar-refractivity contribution >= 4 is 35.1 Å². The minimum Gasteiger partial charge on any atom is -0.497 e. The molecule has 2 bridgehead atoms. The number of carbonyl (C=O) groups excluding carboxylic acids is 4. The largest absolute Gasteiger partial charge is 0.497 e. The number of hydrogen-bond acceptors (Lipinski definition) is 10. The van der Waals surface area contributed by atoms with E-state index >= 15 is 4.79 Å². The van der Waals surface area contributed by atoms with Crippen LogP contribution < -0.4 is 0 Å². The number of hydrogen-bond donors (Lipinski definition) is 2. The number of fused-ring (bicyclic) bond motifs is 3. The van der Waals surface area contributed by atoms with Gasteiger partial charge in [-0.1, -0.05) is 58.1 Å². The second-order valence-corrected chi connectivity index (χ2v) is 15.0. The van der Waals surface area contributed by atoms with Gasteiger partial charge in [0.2, 0.25) is 0 Å². The summed E-state index contributed by atoms with van der Waals surface area (Å²) in [6, 6.07) is 0. The van der Waals surface area contributed by atoms with Crippen molar-refractivity contribution in [1.29, 1.82) is 0 Å². The van der Waals surface area contributed by atoms with Crippen molar-refractivity contribution in [2.24, 2.45) is 17.3 Å². The highest BCUT2D eigenvalue weighted by atomic mass is 16.6. The summed E-state index contributed by atoms with van der Waals surface area (Å²) in [6.07, 6.45) is 5.37. The van der Waals surface area contributed by atoms with Gasteiger partial charge in [-0.15, -0.1) is 0 Å². The van der Waals surface area contributed by atoms with Crippen LogP contribution in [0.3, 0.4) is 0 Å². The smallest absolute Gasteiger partial charge is 0.330 e. The van der Waals surface area contributed by atoms with E-state index in [0.29, 0.717) is 12.8 Å². The van der Waals surface area contributed by atoms with Gasteiger partial charge in [-0.05, 0) is 33.1 Å². The molecular weight excluding hydrogens is 648 g/mol. The first kappa shape index (κ1) is 34.7. The number of rotatable bonds is 14. The SMILES string of the molecule is CCCCCC1OC2C3=C(C(=O)[C@@]4(C/C=C(\C)C(=O)O)O[C@H]4C3=O)C1[C@@H]1[C@@H](CCCCC)OC=C3C(=O)[C@@H]4O[C@]4(C/C=C(\C)C(=O)O)C(=O)[C@@]321. The molecule has 2 N–H and O–H groups in total. The summed E-state index contributed by atoms with van der Waals surface area (Å²) >= 11 is 0. The van der Waals surface area contributed by atoms with Gasteiger partial charge < -0.3 is 29.2 Å². The van der Waals surface area contributed by atoms with E-state index in [1.165, 1.54) is 32.3 Å². The van der Waals surface area contributed by atoms with E-state index in [2.05, 4.69) is 13.8 Å². The van der Waals surface area contributed by atoms with Crippen LogP contribution in [0.1, 0.15) is 91.9 Å². The van der Waals surface area contributed by atoms with Crippen molar-refractivity contribution in [3.63, 3.8) is 0 Å². The molecule has 12 nitrogen and oxygen atoms in total. The van der Waals surface area contributed by atoms with Crippen molar-refractivity contribution < 1.29 is 57.9 Å². The van der Waals surface area contributed by atoms with Crippen LogP contribution in [0.15, 0.2) is 46.3 Å². The van der Waals surface area contributed by atoms with Crippen LogP contribution in [-0.4, -0.2) is 87.0 Å². The third kappa shape index (κ3) is 4.66. The maximum absolute atomic E-state index is 15.4. The fourth-order valence-electron chi connectivity index (χ4n) is 9.47. The fourth-order valence-corrected chi connectivity index (χ4v) is 9.47. The Morgan fingerprint density at radius 1 is 0.760 bits per heavy atom. The van der Waals surface area contributed by atoms with Crippen LogP contribution in [0, 0.1) is 17.3 Å². The molecule has 268 valence electrons. The second kappa shape index (κ2) is 12.2. The Labute approximate surface area is 289 Å². The maximum atomic E-state index is 15.4. The number of carboxylic acids is 2. The molecule has 8 aliphatic rings. The molecule has 50 heavy (non-hydrogen) atoms. The Hall–Kier alpha value is -3.74. The molecular formula is C38H44O12. The molecule has 0 aromatic rings. The van der Waals surface area contributed by atoms with Crippen LogP contribution in [0.5, 0.6) is 0 Å². The molecule has 0 aromatic carbocycles. The lowest BCUT2D eigenvalue weighted by Gasteiger charge is -2.63. The molecule has 10 atom stereocenters. The van der Waals surface area contributed by atoms with Crippen molar-refractivity contribution in [3.05, 3.63) is 46.3 Å². The van der Waals surface area contributed by atoms with E-state index in [9.17, 15) is 34.2 Å². The third-order valence-electron chi connectivity index (χ3n) is 12.2. The first-order chi connectivity index (χ1) is 23.8. The summed E-state index contributed by atoms with van der Waals surface area (Å²) < 4.78 is 25.1. The Kier molecular flexibility index (Phi) is 8.46. The molecule has 12 heteroatoms. The number of aliphatic carboxylic acids is 2. The molecule has 5 heterocycles. The van der Waals surface area contributed by atoms with E-state index < -0.39 is 94.0 Å². The molecule has 0 aromatic heterocycles. The van der Waals surface area contributed by atoms with Gasteiger partial charge >= 0.3 is 11.9 Å². The Morgan fingerprint density at radius 2 is 1.32 bits per heavy atom. The zero-order chi connectivity index (χ0) is 35.9. The third-order valence-corrected chi connectivity index (χ3v) is 12.2. The highest BCUT2D eigenvalue weighted by Crippen LogP contribution is 2.70. The molecule has 3 unspecified atom stereocenters. The number of unbranched alkanes of at least 4 members (excludes halogenated alkanes) is 4. The van der Waals surface area contributed by atoms with Crippen LogP contribution in [0.4, 0.5) is 0 Å². The fraction of sp³-hybridized carbons (Fsp3) is 0.632. The van der Waals surface area contributed by atoms with Gasteiger partial charge in [-0.25, -0.2) is 9.59 Å². The number of Topliss-reactive ketones (excluding diaryl/α,β-unsaturated/α-hetero) is 4. The zero-order valence-electron chi connectivity index (χ0n) is 28.8. The summed E-state index contributed by atoms with van der Waals surface area (Å²) in [4.78, 5) is 82.2. The first-order valence-corrected chi connectivity index (χ1v) is 17.9. The summed E-state index contributed by atoms with van der Waals surface area (Å²) in [5, 5.41) is 19.0. The number of carbonyl (C=O) groups is 6. The summed E-state index contributed by atoms with van der Waals surface area (Å²) in [6.45, 7) is 6.96. The van der Waals surface area contributed by atoms with Crippen molar-refractivity contribution in [2.45, 2.75) is 134 Å². The van der Waals surface area contributed by atoms with E-state index in [1.807, 2.05) is 0 Å². The Bertz CT molecular complexity index is 1710. The topological polar surface area (TPSA) is 186 Å². The van der Waals surface area contributed by atoms with Gasteiger partial charge in [0, 0.05) is 52.5 Å². The predicted molar refractivity (Wildman–Crippen MR) is 174 cm³/mol. The average Bonchev–Trinajstić information content (AvgIpc) is 4.02. The van der Waals surface area contributed by atoms with Crippen molar-refractivity contribution in [3.8, 4) is 0 Å². The highest BCUT2D eigenvalue weighted by Gasteiger charge is 2.85. The summed E-state index contributed by atoms with van der Waals surface area (Å²) in [5.74, 6) is -5.70. The van der Waals surface area contributed by atoms with Gasteiger partial charge in [0.15, 0.2) is 46.5 Å². The van der Waals surface area contributed by atoms with Gasteiger partial charge in [0.25, 0.3) is 0 Å². The monoisotopic (exact) mass is 692 g/mol. The molecule has 8 rings (SSSR count). The zero-order valence-corrected chi connectivity index (χ0v) is 28.8. The normalized spacial score (nSPS) is 39.5. The molecule has 4 fully saturated rings. The predicted octanol–water partition coefficient (Wildman–Crippen LogP) is 4.15. The lowest BCUT2D eigenvalue weighted by molar-refractivity contribution is -0.213. The minimum atomic E-state index is -1.71. The van der Waals surface area contributed by atoms with E-state index in [-0.39, 0.29) is 40.7 Å². The Morgan fingerprint density at radius 3 is 1.92 bits per heavy atom. The molecule has 3 saturated heterocycles. The molecule has 5 aliphatic heterocycles. The van der Waals surface area contributed by atoms with Gasteiger partial charge in [0.1, 0.15) is 17.6 Å². The first-order valence-electron chi connectivity index (χ1n) is 17.9. The van der Waals surface area contributed by atoms with Crippen LogP contribution in [-0.2, 0) is 47.7 Å². The highest BCUT2D eigenvalue weighted by molar-refractivity contribution is 6.25. The maximum Gasteiger partial charge on any atom is 0.330 e. The van der Waals surface area contributed by atoms with Crippen LogP contribution in [0.2, 0.25) is 0 Å². The van der Waals surface area contributed by atoms with Crippen molar-refractivity contribution in [2.75, 3.05) is 0 Å². The van der Waals surface area contributed by atoms with E-state index in [4.69, 9.17) is 18.9 Å². The lowest BCUT2D eigenvalue weighted by atomic mass is 9.43. The van der Waals surface area contributed by atoms with Crippen LogP contribution >= 0.6 is 0 Å². The van der Waals surface area contributed by atoms with Crippen molar-refractivity contribution in [1.82, 2.24) is 0 Å².